The normalized spacial score (nSPS) is 21.4. The van der Waals surface area contributed by atoms with Gasteiger partial charge in [0.15, 0.2) is 0 Å². The Morgan fingerprint density at radius 3 is 2.35 bits per heavy atom. The highest BCUT2D eigenvalue weighted by molar-refractivity contribution is 5.81. The zero-order valence-electron chi connectivity index (χ0n) is 10.2. The molecule has 0 aromatic carbocycles. The molecule has 96 valence electrons. The highest BCUT2D eigenvalue weighted by Crippen LogP contribution is 2.31. The molecule has 0 radical (unpaired) electrons. The fourth-order valence-electron chi connectivity index (χ4n) is 2.26. The lowest BCUT2D eigenvalue weighted by Crippen LogP contribution is -2.47. The number of piperidine rings is 1. The van der Waals surface area contributed by atoms with E-state index >= 15 is 0 Å². The third-order valence-electron chi connectivity index (χ3n) is 3.47. The third-order valence-corrected chi connectivity index (χ3v) is 3.47. The molecule has 0 bridgehead atoms. The molecule has 2 fully saturated rings. The van der Waals surface area contributed by atoms with Crippen molar-refractivity contribution in [3.8, 4) is 0 Å². The lowest BCUT2D eigenvalue weighted by Gasteiger charge is -2.32. The van der Waals surface area contributed by atoms with Crippen LogP contribution in [0.2, 0.25) is 0 Å². The van der Waals surface area contributed by atoms with Crippen LogP contribution in [0.5, 0.6) is 0 Å². The summed E-state index contributed by atoms with van der Waals surface area (Å²) in [6.45, 7) is 1.96. The quantitative estimate of drug-likeness (QED) is 0.716. The van der Waals surface area contributed by atoms with Gasteiger partial charge in [-0.15, -0.1) is 0 Å². The van der Waals surface area contributed by atoms with Gasteiger partial charge < -0.3 is 16.0 Å². The summed E-state index contributed by atoms with van der Waals surface area (Å²) >= 11 is 0. The van der Waals surface area contributed by atoms with E-state index in [1.807, 2.05) is 4.90 Å². The van der Waals surface area contributed by atoms with Crippen LogP contribution in [-0.2, 0) is 9.59 Å². The van der Waals surface area contributed by atoms with Crippen LogP contribution in [0.3, 0.4) is 0 Å². The molecule has 0 atom stereocenters. The zero-order valence-corrected chi connectivity index (χ0v) is 10.2. The fraction of sp³-hybridized carbons (Fsp3) is 0.833. The van der Waals surface area contributed by atoms with E-state index in [1.165, 1.54) is 0 Å². The van der Waals surface area contributed by atoms with Gasteiger partial charge in [-0.05, 0) is 25.7 Å². The number of hydrogen-bond acceptors (Lipinski definition) is 3. The summed E-state index contributed by atoms with van der Waals surface area (Å²) < 4.78 is 0. The van der Waals surface area contributed by atoms with Gasteiger partial charge >= 0.3 is 0 Å². The molecule has 2 amide bonds. The van der Waals surface area contributed by atoms with Gasteiger partial charge in [0.2, 0.25) is 11.8 Å². The maximum absolute atomic E-state index is 11.8. The molecular formula is C12H21N3O2. The molecule has 1 aliphatic carbocycles. The van der Waals surface area contributed by atoms with E-state index in [-0.39, 0.29) is 11.9 Å². The van der Waals surface area contributed by atoms with Crippen molar-refractivity contribution in [2.75, 3.05) is 19.6 Å². The lowest BCUT2D eigenvalue weighted by atomic mass is 10.0. The van der Waals surface area contributed by atoms with Crippen molar-refractivity contribution in [2.45, 2.75) is 38.1 Å². The van der Waals surface area contributed by atoms with Gasteiger partial charge in [0, 0.05) is 38.0 Å². The van der Waals surface area contributed by atoms with Gasteiger partial charge in [0.25, 0.3) is 0 Å². The molecule has 1 saturated carbocycles. The van der Waals surface area contributed by atoms with Crippen LogP contribution in [0, 0.1) is 5.92 Å². The molecular weight excluding hydrogens is 218 g/mol. The first-order chi connectivity index (χ1) is 8.20. The Hall–Kier alpha value is -1.10. The Morgan fingerprint density at radius 2 is 1.82 bits per heavy atom. The molecule has 1 heterocycles. The van der Waals surface area contributed by atoms with Crippen molar-refractivity contribution in [1.82, 2.24) is 10.2 Å². The van der Waals surface area contributed by atoms with Crippen molar-refractivity contribution in [3.05, 3.63) is 0 Å². The third kappa shape index (κ3) is 3.43. The Balaban J connectivity index is 1.70. The minimum atomic E-state index is 0.0273. The van der Waals surface area contributed by atoms with Gasteiger partial charge in [-0.2, -0.15) is 0 Å². The second-order valence-corrected chi connectivity index (χ2v) is 4.98. The van der Waals surface area contributed by atoms with Crippen LogP contribution in [0.4, 0.5) is 0 Å². The summed E-state index contributed by atoms with van der Waals surface area (Å²) in [6.07, 6.45) is 4.25. The van der Waals surface area contributed by atoms with E-state index in [2.05, 4.69) is 5.32 Å². The number of nitrogens with two attached hydrogens (primary N) is 1. The van der Waals surface area contributed by atoms with Crippen LogP contribution in [0.15, 0.2) is 0 Å². The van der Waals surface area contributed by atoms with Gasteiger partial charge in [0.05, 0.1) is 0 Å². The number of likely N-dealkylation sites (tertiary alicyclic amines) is 1. The fourth-order valence-corrected chi connectivity index (χ4v) is 2.26. The lowest BCUT2D eigenvalue weighted by molar-refractivity contribution is -0.133. The second kappa shape index (κ2) is 5.49. The molecule has 0 aromatic heterocycles. The minimum Gasteiger partial charge on any atom is -0.353 e. The first-order valence-electron chi connectivity index (χ1n) is 6.49. The summed E-state index contributed by atoms with van der Waals surface area (Å²) in [5.74, 6) is 0.648. The highest BCUT2D eigenvalue weighted by atomic mass is 16.2. The van der Waals surface area contributed by atoms with Crippen molar-refractivity contribution in [1.29, 1.82) is 0 Å². The van der Waals surface area contributed by atoms with E-state index in [0.29, 0.717) is 24.8 Å². The summed E-state index contributed by atoms with van der Waals surface area (Å²) in [5, 5.41) is 2.97. The predicted molar refractivity (Wildman–Crippen MR) is 64.1 cm³/mol. The molecule has 2 rings (SSSR count). The van der Waals surface area contributed by atoms with E-state index in [1.54, 1.807) is 0 Å². The van der Waals surface area contributed by atoms with Gasteiger partial charge in [0.1, 0.15) is 0 Å². The maximum atomic E-state index is 11.8. The zero-order chi connectivity index (χ0) is 12.3. The molecule has 5 nitrogen and oxygen atoms in total. The Morgan fingerprint density at radius 1 is 1.18 bits per heavy atom. The first kappa shape index (κ1) is 12.4. The highest BCUT2D eigenvalue weighted by Gasteiger charge is 2.34. The number of rotatable bonds is 4. The Kier molecular flexibility index (Phi) is 3.99. The molecule has 17 heavy (non-hydrogen) atoms. The Labute approximate surface area is 102 Å². The summed E-state index contributed by atoms with van der Waals surface area (Å²) in [6, 6.07) is 0.220. The van der Waals surface area contributed by atoms with Crippen LogP contribution in [0.25, 0.3) is 0 Å². The molecule has 5 heteroatoms. The molecule has 0 spiro atoms. The molecule has 1 aliphatic heterocycles. The predicted octanol–water partition coefficient (Wildman–Crippen LogP) is -0.148. The van der Waals surface area contributed by atoms with Crippen LogP contribution < -0.4 is 11.1 Å². The molecule has 0 aromatic rings. The smallest absolute Gasteiger partial charge is 0.225 e. The number of nitrogens with zero attached hydrogens (tertiary/aromatic N) is 1. The summed E-state index contributed by atoms with van der Waals surface area (Å²) in [5.41, 5.74) is 5.32. The molecule has 2 aliphatic rings. The maximum Gasteiger partial charge on any atom is 0.225 e. The average molecular weight is 239 g/mol. The molecule has 3 N–H and O–H groups in total. The standard InChI is InChI=1S/C12H21N3O2/c13-6-3-11(16)14-10-4-7-15(8-5-10)12(17)9-1-2-9/h9-10H,1-8,13H2,(H,14,16). The van der Waals surface area contributed by atoms with Crippen LogP contribution in [0.1, 0.15) is 32.1 Å². The van der Waals surface area contributed by atoms with Crippen molar-refractivity contribution in [3.63, 3.8) is 0 Å². The average Bonchev–Trinajstić information content (AvgIpc) is 3.13. The number of nitrogens with one attached hydrogen (secondary N) is 1. The van der Waals surface area contributed by atoms with Crippen molar-refractivity contribution < 1.29 is 9.59 Å². The van der Waals surface area contributed by atoms with E-state index in [4.69, 9.17) is 5.73 Å². The first-order valence-corrected chi connectivity index (χ1v) is 6.49. The van der Waals surface area contributed by atoms with E-state index in [9.17, 15) is 9.59 Å². The largest absolute Gasteiger partial charge is 0.353 e. The van der Waals surface area contributed by atoms with E-state index < -0.39 is 0 Å². The van der Waals surface area contributed by atoms with Crippen molar-refractivity contribution in [2.24, 2.45) is 11.7 Å². The number of carbonyl (C=O) groups excluding carboxylic acids is 2. The van der Waals surface area contributed by atoms with Gasteiger partial charge in [-0.1, -0.05) is 0 Å². The number of hydrogen-bond donors (Lipinski definition) is 2. The Bertz CT molecular complexity index is 294. The van der Waals surface area contributed by atoms with Crippen LogP contribution in [-0.4, -0.2) is 42.4 Å². The monoisotopic (exact) mass is 239 g/mol. The van der Waals surface area contributed by atoms with E-state index in [0.717, 1.165) is 38.8 Å². The molecule has 0 unspecified atom stereocenters. The van der Waals surface area contributed by atoms with Crippen molar-refractivity contribution >= 4 is 11.8 Å². The van der Waals surface area contributed by atoms with Crippen LogP contribution >= 0.6 is 0 Å². The number of carbonyl (C=O) groups is 2. The molecule has 1 saturated heterocycles. The second-order valence-electron chi connectivity index (χ2n) is 4.98. The summed E-state index contributed by atoms with van der Waals surface area (Å²) in [4.78, 5) is 25.1. The SMILES string of the molecule is NCCC(=O)NC1CCN(C(=O)C2CC2)CC1. The summed E-state index contributed by atoms with van der Waals surface area (Å²) in [7, 11) is 0. The van der Waals surface area contributed by atoms with Gasteiger partial charge in [-0.3, -0.25) is 9.59 Å². The minimum absolute atomic E-state index is 0.0273. The topological polar surface area (TPSA) is 75.4 Å². The van der Waals surface area contributed by atoms with Gasteiger partial charge in [-0.25, -0.2) is 0 Å². The number of amides is 2.